The van der Waals surface area contributed by atoms with Crippen molar-refractivity contribution in [1.29, 1.82) is 0 Å². The quantitative estimate of drug-likeness (QED) is 0.0348. The highest BCUT2D eigenvalue weighted by molar-refractivity contribution is 5.94. The summed E-state index contributed by atoms with van der Waals surface area (Å²) in [6, 6.07) is 22.0. The Bertz CT molecular complexity index is 1470. The number of esters is 3. The van der Waals surface area contributed by atoms with E-state index >= 15 is 0 Å². The third kappa shape index (κ3) is 11.4. The average molecular weight is 599 g/mol. The van der Waals surface area contributed by atoms with Crippen LogP contribution in [0.1, 0.15) is 37.3 Å². The number of carbonyl (C=O) groups excluding carboxylic acids is 4. The first-order valence-corrected chi connectivity index (χ1v) is 14.0. The molecule has 3 aromatic rings. The maximum Gasteiger partial charge on any atom is 0.513 e. The molecular formula is C35H34O9. The average Bonchev–Trinajstić information content (AvgIpc) is 3.03. The van der Waals surface area contributed by atoms with Gasteiger partial charge in [0.2, 0.25) is 0 Å². The fourth-order valence-corrected chi connectivity index (χ4v) is 3.70. The van der Waals surface area contributed by atoms with Crippen LogP contribution in [0.5, 0.6) is 11.5 Å². The summed E-state index contributed by atoms with van der Waals surface area (Å²) in [6.07, 6.45) is 5.07. The summed E-state index contributed by atoms with van der Waals surface area (Å²) in [5.41, 5.74) is 3.85. The van der Waals surface area contributed by atoms with Gasteiger partial charge in [-0.15, -0.1) is 0 Å². The van der Waals surface area contributed by atoms with Crippen LogP contribution in [0, 0.1) is 0 Å². The van der Waals surface area contributed by atoms with Gasteiger partial charge >= 0.3 is 24.1 Å². The second-order valence-electron chi connectivity index (χ2n) is 9.30. The zero-order chi connectivity index (χ0) is 31.7. The first-order chi connectivity index (χ1) is 21.3. The molecular weight excluding hydrogens is 564 g/mol. The molecule has 3 rings (SSSR count). The van der Waals surface area contributed by atoms with E-state index in [1.165, 1.54) is 0 Å². The van der Waals surface area contributed by atoms with E-state index in [-0.39, 0.29) is 31.8 Å². The molecule has 0 bridgehead atoms. The largest absolute Gasteiger partial charge is 0.513 e. The Kier molecular flexibility index (Phi) is 13.2. The van der Waals surface area contributed by atoms with Crippen LogP contribution < -0.4 is 9.47 Å². The molecule has 9 heteroatoms. The normalized spacial score (nSPS) is 10.5. The number of hydrogen-bond donors (Lipinski definition) is 0. The van der Waals surface area contributed by atoms with Gasteiger partial charge in [0.25, 0.3) is 0 Å². The standard InChI is InChI=1S/C35H34O9/c1-4-32(36)41-22-6-7-23-42-35(39)44-31-18-12-27(13-19-31)9-8-26-10-14-28(15-11-26)29-16-20-30(21-17-29)43-34(38)25(3)24-33(37)40-5-2/h4,8-21H,1,3,5-7,22-24H2,2H3/b9-8+. The summed E-state index contributed by atoms with van der Waals surface area (Å²) < 4.78 is 25.2. The topological polar surface area (TPSA) is 114 Å². The summed E-state index contributed by atoms with van der Waals surface area (Å²) in [4.78, 5) is 46.5. The first-order valence-electron chi connectivity index (χ1n) is 14.0. The SMILES string of the molecule is C=CC(=O)OCCCCOC(=O)Oc1ccc(/C=C/c2ccc(-c3ccc(OC(=O)C(=C)CC(=O)OCC)cc3)cc2)cc1. The molecule has 0 amide bonds. The molecule has 0 saturated carbocycles. The highest BCUT2D eigenvalue weighted by Gasteiger charge is 2.15. The molecule has 0 N–H and O–H groups in total. The van der Waals surface area contributed by atoms with Crippen LogP contribution in [-0.4, -0.2) is 43.9 Å². The molecule has 0 radical (unpaired) electrons. The van der Waals surface area contributed by atoms with Gasteiger partial charge in [-0.2, -0.15) is 0 Å². The van der Waals surface area contributed by atoms with Crippen LogP contribution >= 0.6 is 0 Å². The number of hydrogen-bond acceptors (Lipinski definition) is 9. The Balaban J connectivity index is 1.44. The van der Waals surface area contributed by atoms with Crippen molar-refractivity contribution in [3.8, 4) is 22.6 Å². The molecule has 0 spiro atoms. The second kappa shape index (κ2) is 17.5. The molecule has 0 aliphatic rings. The van der Waals surface area contributed by atoms with Crippen molar-refractivity contribution in [3.63, 3.8) is 0 Å². The van der Waals surface area contributed by atoms with Gasteiger partial charge in [0, 0.05) is 11.6 Å². The Morgan fingerprint density at radius 2 is 1.18 bits per heavy atom. The minimum Gasteiger partial charge on any atom is -0.466 e. The van der Waals surface area contributed by atoms with E-state index in [2.05, 4.69) is 13.2 Å². The number of benzene rings is 3. The second-order valence-corrected chi connectivity index (χ2v) is 9.30. The van der Waals surface area contributed by atoms with Crippen molar-refractivity contribution in [1.82, 2.24) is 0 Å². The van der Waals surface area contributed by atoms with Crippen LogP contribution in [-0.2, 0) is 28.6 Å². The Hall–Kier alpha value is -5.44. The van der Waals surface area contributed by atoms with E-state index in [1.807, 2.05) is 60.7 Å². The lowest BCUT2D eigenvalue weighted by Gasteiger charge is -2.08. The molecule has 228 valence electrons. The molecule has 0 aliphatic carbocycles. The van der Waals surface area contributed by atoms with E-state index in [9.17, 15) is 19.2 Å². The van der Waals surface area contributed by atoms with Gasteiger partial charge in [-0.05, 0) is 66.3 Å². The molecule has 0 unspecified atom stereocenters. The van der Waals surface area contributed by atoms with Crippen LogP contribution in [0.4, 0.5) is 4.79 Å². The van der Waals surface area contributed by atoms with Crippen molar-refractivity contribution >= 4 is 36.2 Å². The molecule has 0 saturated heterocycles. The number of rotatable bonds is 15. The minimum atomic E-state index is -0.802. The lowest BCUT2D eigenvalue weighted by atomic mass is 10.0. The summed E-state index contributed by atoms with van der Waals surface area (Å²) in [5.74, 6) is -0.986. The number of unbranched alkanes of at least 4 members (excludes halogenated alkanes) is 1. The summed E-state index contributed by atoms with van der Waals surface area (Å²) in [6.45, 7) is 9.22. The maximum atomic E-state index is 12.2. The van der Waals surface area contributed by atoms with Crippen molar-refractivity contribution in [2.24, 2.45) is 0 Å². The van der Waals surface area contributed by atoms with Crippen molar-refractivity contribution in [2.45, 2.75) is 26.2 Å². The molecule has 9 nitrogen and oxygen atoms in total. The van der Waals surface area contributed by atoms with Gasteiger partial charge in [-0.25, -0.2) is 14.4 Å². The van der Waals surface area contributed by atoms with E-state index in [1.54, 1.807) is 31.2 Å². The molecule has 0 aliphatic heterocycles. The number of ether oxygens (including phenoxy) is 5. The zero-order valence-electron chi connectivity index (χ0n) is 24.5. The fraction of sp³-hybridized carbons (Fsp3) is 0.200. The number of carbonyl (C=O) groups is 4. The predicted octanol–water partition coefficient (Wildman–Crippen LogP) is 6.96. The molecule has 44 heavy (non-hydrogen) atoms. The third-order valence-corrected chi connectivity index (χ3v) is 5.98. The minimum absolute atomic E-state index is 0.0236. The van der Waals surface area contributed by atoms with Gasteiger partial charge in [0.1, 0.15) is 11.5 Å². The van der Waals surface area contributed by atoms with Gasteiger partial charge in [-0.3, -0.25) is 4.79 Å². The van der Waals surface area contributed by atoms with Crippen molar-refractivity contribution in [3.05, 3.63) is 109 Å². The van der Waals surface area contributed by atoms with E-state index in [4.69, 9.17) is 23.7 Å². The van der Waals surface area contributed by atoms with E-state index in [0.717, 1.165) is 28.3 Å². The van der Waals surface area contributed by atoms with Gasteiger partial charge in [-0.1, -0.05) is 73.8 Å². The summed E-state index contributed by atoms with van der Waals surface area (Å²) >= 11 is 0. The Morgan fingerprint density at radius 1 is 0.682 bits per heavy atom. The smallest absolute Gasteiger partial charge is 0.466 e. The van der Waals surface area contributed by atoms with Crippen LogP contribution in [0.15, 0.2) is 97.6 Å². The molecule has 0 atom stereocenters. The van der Waals surface area contributed by atoms with Gasteiger partial charge in [0.15, 0.2) is 0 Å². The summed E-state index contributed by atoms with van der Waals surface area (Å²) in [7, 11) is 0. The first kappa shape index (κ1) is 33.1. The molecule has 0 aromatic heterocycles. The molecule has 0 fully saturated rings. The van der Waals surface area contributed by atoms with Crippen molar-refractivity contribution < 1.29 is 42.9 Å². The lowest BCUT2D eigenvalue weighted by Crippen LogP contribution is -2.15. The van der Waals surface area contributed by atoms with Gasteiger partial charge < -0.3 is 23.7 Å². The highest BCUT2D eigenvalue weighted by Crippen LogP contribution is 2.24. The molecule has 3 aromatic carbocycles. The van der Waals surface area contributed by atoms with Crippen LogP contribution in [0.2, 0.25) is 0 Å². The highest BCUT2D eigenvalue weighted by atomic mass is 16.7. The monoisotopic (exact) mass is 598 g/mol. The van der Waals surface area contributed by atoms with Crippen molar-refractivity contribution in [2.75, 3.05) is 19.8 Å². The lowest BCUT2D eigenvalue weighted by molar-refractivity contribution is -0.144. The predicted molar refractivity (Wildman–Crippen MR) is 166 cm³/mol. The molecule has 0 heterocycles. The van der Waals surface area contributed by atoms with E-state index in [0.29, 0.717) is 24.3 Å². The van der Waals surface area contributed by atoms with E-state index < -0.39 is 24.1 Å². The summed E-state index contributed by atoms with van der Waals surface area (Å²) in [5, 5.41) is 0. The van der Waals surface area contributed by atoms with Crippen LogP contribution in [0.25, 0.3) is 23.3 Å². The fourth-order valence-electron chi connectivity index (χ4n) is 3.70. The maximum absolute atomic E-state index is 12.2. The zero-order valence-corrected chi connectivity index (χ0v) is 24.5. The van der Waals surface area contributed by atoms with Crippen LogP contribution in [0.3, 0.4) is 0 Å². The van der Waals surface area contributed by atoms with Gasteiger partial charge in [0.05, 0.1) is 26.2 Å². The Labute approximate surface area is 256 Å². The third-order valence-electron chi connectivity index (χ3n) is 5.98. The Morgan fingerprint density at radius 3 is 1.75 bits per heavy atom.